The average molecular weight is 338 g/mol. The van der Waals surface area contributed by atoms with E-state index in [0.29, 0.717) is 11.0 Å². The summed E-state index contributed by atoms with van der Waals surface area (Å²) in [7, 11) is 1.59. The van der Waals surface area contributed by atoms with Crippen molar-refractivity contribution in [2.24, 2.45) is 0 Å². The van der Waals surface area contributed by atoms with Crippen molar-refractivity contribution in [1.82, 2.24) is 4.90 Å². The third-order valence-electron chi connectivity index (χ3n) is 2.72. The fraction of sp³-hybridized carbons (Fsp3) is 0.462. The maximum atomic E-state index is 12.6. The Hall–Kier alpha value is -1.04. The molecule has 0 bridgehead atoms. The molecular formula is C13H15BrF3NO. The summed E-state index contributed by atoms with van der Waals surface area (Å²) >= 11 is 3.12. The van der Waals surface area contributed by atoms with Gasteiger partial charge in [-0.05, 0) is 40.5 Å². The van der Waals surface area contributed by atoms with Crippen molar-refractivity contribution in [3.63, 3.8) is 0 Å². The van der Waals surface area contributed by atoms with Crippen LogP contribution in [0.2, 0.25) is 0 Å². The summed E-state index contributed by atoms with van der Waals surface area (Å²) in [5.41, 5.74) is -0.781. The highest BCUT2D eigenvalue weighted by molar-refractivity contribution is 9.10. The number of hydrogen-bond acceptors (Lipinski definition) is 1. The zero-order valence-electron chi connectivity index (χ0n) is 10.7. The highest BCUT2D eigenvalue weighted by Crippen LogP contribution is 2.32. The van der Waals surface area contributed by atoms with Crippen LogP contribution in [0.5, 0.6) is 0 Å². The van der Waals surface area contributed by atoms with Crippen LogP contribution in [0.25, 0.3) is 0 Å². The van der Waals surface area contributed by atoms with Crippen molar-refractivity contribution in [3.05, 3.63) is 33.8 Å². The third kappa shape index (κ3) is 4.23. The molecule has 106 valence electrons. The molecule has 0 unspecified atom stereocenters. The van der Waals surface area contributed by atoms with Crippen LogP contribution < -0.4 is 0 Å². The fourth-order valence-electron chi connectivity index (χ4n) is 1.57. The van der Waals surface area contributed by atoms with Crippen molar-refractivity contribution in [2.45, 2.75) is 25.9 Å². The number of hydrogen-bond donors (Lipinski definition) is 0. The lowest BCUT2D eigenvalue weighted by Crippen LogP contribution is -2.28. The van der Waals surface area contributed by atoms with Crippen LogP contribution in [0.15, 0.2) is 22.7 Å². The Kier molecular flexibility index (Phi) is 5.40. The number of nitrogens with zero attached hydrogens (tertiary/aromatic N) is 1. The van der Waals surface area contributed by atoms with Gasteiger partial charge in [0.25, 0.3) is 5.91 Å². The molecule has 0 aromatic heterocycles. The van der Waals surface area contributed by atoms with Gasteiger partial charge in [0.05, 0.1) is 11.1 Å². The minimum absolute atomic E-state index is 0.0356. The first-order valence-electron chi connectivity index (χ1n) is 5.89. The van der Waals surface area contributed by atoms with Crippen molar-refractivity contribution < 1.29 is 18.0 Å². The second kappa shape index (κ2) is 6.41. The first-order chi connectivity index (χ1) is 8.77. The van der Waals surface area contributed by atoms with Gasteiger partial charge in [-0.25, -0.2) is 0 Å². The molecule has 0 N–H and O–H groups in total. The van der Waals surface area contributed by atoms with Gasteiger partial charge >= 0.3 is 6.18 Å². The molecule has 0 heterocycles. The third-order valence-corrected chi connectivity index (χ3v) is 3.41. The second-order valence-corrected chi connectivity index (χ2v) is 5.13. The number of alkyl halides is 3. The van der Waals surface area contributed by atoms with E-state index in [1.165, 1.54) is 11.0 Å². The molecular weight excluding hydrogens is 323 g/mol. The van der Waals surface area contributed by atoms with Gasteiger partial charge in [-0.1, -0.05) is 13.3 Å². The Balaban J connectivity index is 3.02. The van der Waals surface area contributed by atoms with E-state index in [1.807, 2.05) is 6.92 Å². The van der Waals surface area contributed by atoms with Crippen molar-refractivity contribution in [2.75, 3.05) is 13.6 Å². The number of unbranched alkanes of at least 4 members (excludes halogenated alkanes) is 1. The Morgan fingerprint density at radius 1 is 1.37 bits per heavy atom. The summed E-state index contributed by atoms with van der Waals surface area (Å²) in [5, 5.41) is 0. The maximum Gasteiger partial charge on any atom is 0.416 e. The van der Waals surface area contributed by atoms with Crippen LogP contribution in [0.1, 0.15) is 35.7 Å². The molecule has 2 nitrogen and oxygen atoms in total. The van der Waals surface area contributed by atoms with Gasteiger partial charge in [-0.2, -0.15) is 13.2 Å². The highest BCUT2D eigenvalue weighted by atomic mass is 79.9. The minimum Gasteiger partial charge on any atom is -0.342 e. The Morgan fingerprint density at radius 3 is 2.53 bits per heavy atom. The van der Waals surface area contributed by atoms with Crippen LogP contribution in [-0.4, -0.2) is 24.4 Å². The summed E-state index contributed by atoms with van der Waals surface area (Å²) in [6, 6.07) is 3.09. The molecule has 0 atom stereocenters. The molecule has 0 aliphatic heterocycles. The number of carbonyl (C=O) groups is 1. The maximum absolute atomic E-state index is 12.6. The van der Waals surface area contributed by atoms with Gasteiger partial charge in [0.1, 0.15) is 0 Å². The zero-order valence-corrected chi connectivity index (χ0v) is 12.3. The molecule has 19 heavy (non-hydrogen) atoms. The monoisotopic (exact) mass is 337 g/mol. The molecule has 0 aliphatic carbocycles. The van der Waals surface area contributed by atoms with Crippen molar-refractivity contribution >= 4 is 21.8 Å². The molecule has 6 heteroatoms. The molecule has 1 amide bonds. The Morgan fingerprint density at radius 2 is 2.00 bits per heavy atom. The predicted molar refractivity (Wildman–Crippen MR) is 71.0 cm³/mol. The van der Waals surface area contributed by atoms with Gasteiger partial charge < -0.3 is 4.90 Å². The molecule has 1 aromatic rings. The number of benzene rings is 1. The van der Waals surface area contributed by atoms with Crippen molar-refractivity contribution in [1.29, 1.82) is 0 Å². The summed E-state index contributed by atoms with van der Waals surface area (Å²) < 4.78 is 38.2. The molecule has 0 aliphatic rings. The topological polar surface area (TPSA) is 20.3 Å². The number of amides is 1. The van der Waals surface area contributed by atoms with E-state index < -0.39 is 17.6 Å². The molecule has 1 aromatic carbocycles. The lowest BCUT2D eigenvalue weighted by Gasteiger charge is -2.18. The summed E-state index contributed by atoms with van der Waals surface area (Å²) in [4.78, 5) is 13.5. The van der Waals surface area contributed by atoms with E-state index in [-0.39, 0.29) is 5.56 Å². The molecule has 0 saturated heterocycles. The van der Waals surface area contributed by atoms with Gasteiger partial charge in [0.2, 0.25) is 0 Å². The molecule has 1 rings (SSSR count). The molecule has 0 fully saturated rings. The molecule has 0 spiro atoms. The summed E-state index contributed by atoms with van der Waals surface area (Å²) in [5.74, 6) is -0.411. The van der Waals surface area contributed by atoms with Gasteiger partial charge in [-0.15, -0.1) is 0 Å². The Bertz CT molecular complexity index is 460. The number of rotatable bonds is 4. The van der Waals surface area contributed by atoms with Crippen LogP contribution in [0, 0.1) is 0 Å². The Labute approximate surface area is 118 Å². The summed E-state index contributed by atoms with van der Waals surface area (Å²) in [6.45, 7) is 2.51. The minimum atomic E-state index is -4.45. The quantitative estimate of drug-likeness (QED) is 0.800. The van der Waals surface area contributed by atoms with Crippen LogP contribution in [0.3, 0.4) is 0 Å². The van der Waals surface area contributed by atoms with Crippen LogP contribution in [0.4, 0.5) is 13.2 Å². The van der Waals surface area contributed by atoms with E-state index in [0.717, 1.165) is 25.0 Å². The van der Waals surface area contributed by atoms with Crippen molar-refractivity contribution in [3.8, 4) is 0 Å². The van der Waals surface area contributed by atoms with Gasteiger partial charge in [0, 0.05) is 18.1 Å². The predicted octanol–water partition coefficient (Wildman–Crippen LogP) is 4.34. The zero-order chi connectivity index (χ0) is 14.6. The average Bonchev–Trinajstić information content (AvgIpc) is 2.34. The van der Waals surface area contributed by atoms with E-state index in [1.54, 1.807) is 7.05 Å². The summed E-state index contributed by atoms with van der Waals surface area (Å²) in [6.07, 6.45) is -2.71. The van der Waals surface area contributed by atoms with Gasteiger partial charge in [-0.3, -0.25) is 4.79 Å². The normalized spacial score (nSPS) is 11.5. The molecule has 0 saturated carbocycles. The lowest BCUT2D eigenvalue weighted by molar-refractivity contribution is -0.137. The fourth-order valence-corrected chi connectivity index (χ4v) is 1.98. The SMILES string of the molecule is CCCCN(C)C(=O)c1cc(C(F)(F)F)ccc1Br. The molecule has 0 radical (unpaired) electrons. The lowest BCUT2D eigenvalue weighted by atomic mass is 10.1. The van der Waals surface area contributed by atoms with Crippen LogP contribution >= 0.6 is 15.9 Å². The number of halogens is 4. The standard InChI is InChI=1S/C13H15BrF3NO/c1-3-4-7-18(2)12(19)10-8-9(13(15,16)17)5-6-11(10)14/h5-6,8H,3-4,7H2,1-2H3. The largest absolute Gasteiger partial charge is 0.416 e. The van der Waals surface area contributed by atoms with E-state index >= 15 is 0 Å². The smallest absolute Gasteiger partial charge is 0.342 e. The highest BCUT2D eigenvalue weighted by Gasteiger charge is 2.31. The second-order valence-electron chi connectivity index (χ2n) is 4.27. The van der Waals surface area contributed by atoms with E-state index in [2.05, 4.69) is 15.9 Å². The number of carbonyl (C=O) groups excluding carboxylic acids is 1. The van der Waals surface area contributed by atoms with E-state index in [9.17, 15) is 18.0 Å². The van der Waals surface area contributed by atoms with Gasteiger partial charge in [0.15, 0.2) is 0 Å². The van der Waals surface area contributed by atoms with E-state index in [4.69, 9.17) is 0 Å². The first kappa shape index (κ1) is 16.0. The first-order valence-corrected chi connectivity index (χ1v) is 6.69. The van der Waals surface area contributed by atoms with Crippen LogP contribution in [-0.2, 0) is 6.18 Å².